The number of esters is 1. The molecule has 25 heavy (non-hydrogen) atoms. The Hall–Kier alpha value is -1.99. The third-order valence-electron chi connectivity index (χ3n) is 4.53. The van der Waals surface area contributed by atoms with Crippen molar-refractivity contribution in [2.75, 3.05) is 13.2 Å². The molecule has 1 heterocycles. The Morgan fingerprint density at radius 3 is 2.88 bits per heavy atom. The van der Waals surface area contributed by atoms with E-state index in [1.807, 2.05) is 24.3 Å². The van der Waals surface area contributed by atoms with Crippen molar-refractivity contribution in [1.82, 2.24) is 25.5 Å². The highest BCUT2D eigenvalue weighted by atomic mass is 35.5. The minimum absolute atomic E-state index is 0.135. The molecule has 1 N–H and O–H groups in total. The molecule has 7 nitrogen and oxygen atoms in total. The summed E-state index contributed by atoms with van der Waals surface area (Å²) in [6, 6.07) is 7.41. The lowest BCUT2D eigenvalue weighted by atomic mass is 9.80. The summed E-state index contributed by atoms with van der Waals surface area (Å²) < 4.78 is 6.75. The van der Waals surface area contributed by atoms with Crippen LogP contribution in [0.2, 0.25) is 5.02 Å². The number of benzene rings is 1. The number of halogens is 1. The van der Waals surface area contributed by atoms with E-state index >= 15 is 0 Å². The summed E-state index contributed by atoms with van der Waals surface area (Å²) in [5, 5.41) is 16.3. The number of carbonyl (C=O) groups excluding carboxylic acids is 1. The van der Waals surface area contributed by atoms with Crippen LogP contribution in [0.1, 0.15) is 44.9 Å². The van der Waals surface area contributed by atoms with Crippen LogP contribution in [-0.4, -0.2) is 39.3 Å². The van der Waals surface area contributed by atoms with E-state index in [1.54, 1.807) is 11.6 Å². The van der Waals surface area contributed by atoms with Crippen molar-refractivity contribution in [1.29, 1.82) is 0 Å². The quantitative estimate of drug-likeness (QED) is 0.794. The molecule has 0 bridgehead atoms. The fourth-order valence-electron chi connectivity index (χ4n) is 3.36. The maximum absolute atomic E-state index is 11.8. The summed E-state index contributed by atoms with van der Waals surface area (Å²) in [5.41, 5.74) is 0.354. The molecule has 0 saturated heterocycles. The first-order valence-corrected chi connectivity index (χ1v) is 8.98. The number of ether oxygens (including phenoxy) is 1. The van der Waals surface area contributed by atoms with Crippen LogP contribution in [0.15, 0.2) is 24.3 Å². The van der Waals surface area contributed by atoms with Crippen molar-refractivity contribution >= 4 is 17.6 Å². The van der Waals surface area contributed by atoms with Gasteiger partial charge in [-0.15, -0.1) is 5.10 Å². The number of hydrogen-bond acceptors (Lipinski definition) is 6. The zero-order valence-corrected chi connectivity index (χ0v) is 15.0. The molecule has 1 saturated carbocycles. The lowest BCUT2D eigenvalue weighted by molar-refractivity contribution is -0.142. The average molecular weight is 364 g/mol. The minimum atomic E-state index is -0.448. The second kappa shape index (κ2) is 7.93. The van der Waals surface area contributed by atoms with E-state index in [-0.39, 0.29) is 12.5 Å². The summed E-state index contributed by atoms with van der Waals surface area (Å²) in [4.78, 5) is 11.8. The largest absolute Gasteiger partial charge is 0.465 e. The van der Waals surface area contributed by atoms with Crippen molar-refractivity contribution in [3.63, 3.8) is 0 Å². The van der Waals surface area contributed by atoms with Crippen LogP contribution in [0, 0.1) is 0 Å². The molecule has 1 aliphatic carbocycles. The summed E-state index contributed by atoms with van der Waals surface area (Å²) >= 11 is 6.11. The Balaban J connectivity index is 1.92. The van der Waals surface area contributed by atoms with Gasteiger partial charge in [-0.1, -0.05) is 36.9 Å². The Morgan fingerprint density at radius 1 is 1.36 bits per heavy atom. The van der Waals surface area contributed by atoms with Gasteiger partial charge in [0.15, 0.2) is 5.82 Å². The lowest BCUT2D eigenvalue weighted by Gasteiger charge is -2.36. The van der Waals surface area contributed by atoms with Gasteiger partial charge in [-0.05, 0) is 48.4 Å². The summed E-state index contributed by atoms with van der Waals surface area (Å²) in [7, 11) is 0. The Kier molecular flexibility index (Phi) is 5.65. The average Bonchev–Trinajstić information content (AvgIpc) is 3.12. The number of nitrogens with one attached hydrogen (secondary N) is 1. The standard InChI is InChI=1S/C17H22ClN5O2/c1-2-25-15(24)12-19-17(9-4-3-5-10-17)16-20-21-22-23(16)14-8-6-7-13(18)11-14/h6-8,11,19H,2-5,9-10,12H2,1H3. The number of carbonyl (C=O) groups is 1. The van der Waals surface area contributed by atoms with E-state index in [4.69, 9.17) is 16.3 Å². The molecule has 0 atom stereocenters. The molecule has 1 aromatic heterocycles. The van der Waals surface area contributed by atoms with Gasteiger partial charge in [-0.25, -0.2) is 0 Å². The fourth-order valence-corrected chi connectivity index (χ4v) is 3.54. The van der Waals surface area contributed by atoms with Gasteiger partial charge in [-0.3, -0.25) is 10.1 Å². The SMILES string of the molecule is CCOC(=O)CNC1(c2nnnn2-c2cccc(Cl)c2)CCCCC1. The van der Waals surface area contributed by atoms with Gasteiger partial charge in [0.2, 0.25) is 0 Å². The predicted octanol–water partition coefficient (Wildman–Crippen LogP) is 2.63. The molecule has 0 unspecified atom stereocenters. The van der Waals surface area contributed by atoms with Gasteiger partial charge in [0, 0.05) is 5.02 Å². The van der Waals surface area contributed by atoms with Gasteiger partial charge in [0.25, 0.3) is 0 Å². The first kappa shape index (κ1) is 17.8. The lowest BCUT2D eigenvalue weighted by Crippen LogP contribution is -2.48. The van der Waals surface area contributed by atoms with Gasteiger partial charge in [0.05, 0.1) is 24.4 Å². The topological polar surface area (TPSA) is 81.9 Å². The number of nitrogens with zero attached hydrogens (tertiary/aromatic N) is 4. The molecule has 0 amide bonds. The van der Waals surface area contributed by atoms with Gasteiger partial charge < -0.3 is 4.74 Å². The van der Waals surface area contributed by atoms with Crippen LogP contribution in [0.25, 0.3) is 5.69 Å². The summed E-state index contributed by atoms with van der Waals surface area (Å²) in [5.74, 6) is 0.438. The number of aromatic nitrogens is 4. The van der Waals surface area contributed by atoms with Crippen LogP contribution in [0.5, 0.6) is 0 Å². The van der Waals surface area contributed by atoms with Crippen LogP contribution in [-0.2, 0) is 15.1 Å². The second-order valence-electron chi connectivity index (χ2n) is 6.20. The molecule has 1 fully saturated rings. The molecule has 0 radical (unpaired) electrons. The fraction of sp³-hybridized carbons (Fsp3) is 0.529. The second-order valence-corrected chi connectivity index (χ2v) is 6.63. The molecule has 0 spiro atoms. The molecule has 3 rings (SSSR count). The van der Waals surface area contributed by atoms with Crippen molar-refractivity contribution in [3.05, 3.63) is 35.1 Å². The van der Waals surface area contributed by atoms with E-state index < -0.39 is 5.54 Å². The van der Waals surface area contributed by atoms with E-state index in [0.29, 0.717) is 17.5 Å². The molecule has 1 aromatic carbocycles. The van der Waals surface area contributed by atoms with Gasteiger partial charge in [0.1, 0.15) is 0 Å². The van der Waals surface area contributed by atoms with Crippen LogP contribution < -0.4 is 5.32 Å². The van der Waals surface area contributed by atoms with Crippen molar-refractivity contribution in [3.8, 4) is 5.69 Å². The zero-order chi connectivity index (χ0) is 17.7. The maximum atomic E-state index is 11.8. The molecule has 0 aliphatic heterocycles. The third-order valence-corrected chi connectivity index (χ3v) is 4.77. The molecule has 1 aliphatic rings. The highest BCUT2D eigenvalue weighted by Gasteiger charge is 2.39. The smallest absolute Gasteiger partial charge is 0.319 e. The Bertz CT molecular complexity index is 727. The summed E-state index contributed by atoms with van der Waals surface area (Å²) in [6.45, 7) is 2.30. The van der Waals surface area contributed by atoms with Crippen molar-refractivity contribution < 1.29 is 9.53 Å². The van der Waals surface area contributed by atoms with E-state index in [0.717, 1.165) is 31.4 Å². The molecular weight excluding hydrogens is 342 g/mol. The van der Waals surface area contributed by atoms with Gasteiger partial charge >= 0.3 is 5.97 Å². The van der Waals surface area contributed by atoms with Crippen molar-refractivity contribution in [2.45, 2.75) is 44.6 Å². The minimum Gasteiger partial charge on any atom is -0.465 e. The molecule has 8 heteroatoms. The Morgan fingerprint density at radius 2 is 2.16 bits per heavy atom. The molecular formula is C17H22ClN5O2. The van der Waals surface area contributed by atoms with Crippen molar-refractivity contribution in [2.24, 2.45) is 0 Å². The number of rotatable bonds is 6. The highest BCUT2D eigenvalue weighted by molar-refractivity contribution is 6.30. The number of hydrogen-bond donors (Lipinski definition) is 1. The van der Waals surface area contributed by atoms with E-state index in [1.165, 1.54) is 6.42 Å². The highest BCUT2D eigenvalue weighted by Crippen LogP contribution is 2.36. The monoisotopic (exact) mass is 363 g/mol. The van der Waals surface area contributed by atoms with E-state index in [2.05, 4.69) is 20.8 Å². The van der Waals surface area contributed by atoms with Crippen LogP contribution >= 0.6 is 11.6 Å². The van der Waals surface area contributed by atoms with Gasteiger partial charge in [-0.2, -0.15) is 4.68 Å². The maximum Gasteiger partial charge on any atom is 0.319 e. The summed E-state index contributed by atoms with van der Waals surface area (Å²) in [6.07, 6.45) is 5.01. The Labute approximate surface area is 151 Å². The normalized spacial score (nSPS) is 16.6. The predicted molar refractivity (Wildman–Crippen MR) is 93.6 cm³/mol. The number of tetrazole rings is 1. The third kappa shape index (κ3) is 3.99. The zero-order valence-electron chi connectivity index (χ0n) is 14.2. The molecule has 134 valence electrons. The molecule has 2 aromatic rings. The van der Waals surface area contributed by atoms with Crippen LogP contribution in [0.3, 0.4) is 0 Å². The van der Waals surface area contributed by atoms with E-state index in [9.17, 15) is 4.79 Å². The first-order valence-electron chi connectivity index (χ1n) is 8.60. The van der Waals surface area contributed by atoms with Crippen LogP contribution in [0.4, 0.5) is 0 Å². The first-order chi connectivity index (χ1) is 12.1.